The molecule has 0 aliphatic heterocycles. The maximum Gasteiger partial charge on any atom is 0.261 e. The van der Waals surface area contributed by atoms with Crippen molar-refractivity contribution in [2.45, 2.75) is 27.7 Å². The zero-order valence-electron chi connectivity index (χ0n) is 18.8. The molecule has 0 unspecified atom stereocenters. The minimum absolute atomic E-state index is 0.131. The van der Waals surface area contributed by atoms with E-state index in [1.165, 1.54) is 6.07 Å². The van der Waals surface area contributed by atoms with Gasteiger partial charge in [0.05, 0.1) is 5.69 Å². The van der Waals surface area contributed by atoms with Crippen LogP contribution in [0.3, 0.4) is 0 Å². The Balaban J connectivity index is 1.99. The van der Waals surface area contributed by atoms with Crippen LogP contribution in [-0.2, 0) is 0 Å². The molecule has 0 spiro atoms. The zero-order chi connectivity index (χ0) is 22.8. The van der Waals surface area contributed by atoms with Gasteiger partial charge in [0.25, 0.3) is 5.91 Å². The Morgan fingerprint density at radius 1 is 0.781 bits per heavy atom. The van der Waals surface area contributed by atoms with E-state index in [0.717, 1.165) is 39.3 Å². The molecule has 1 heterocycles. The average Bonchev–Trinajstić information content (AvgIpc) is 2.76. The Bertz CT molecular complexity index is 1350. The quantitative estimate of drug-likeness (QED) is 0.439. The van der Waals surface area contributed by atoms with Gasteiger partial charge in [-0.05, 0) is 62.1 Å². The lowest BCUT2D eigenvalue weighted by atomic mass is 10.0. The van der Waals surface area contributed by atoms with E-state index in [-0.39, 0.29) is 11.0 Å². The van der Waals surface area contributed by atoms with Crippen LogP contribution < -0.4 is 10.7 Å². The number of carbonyl (C=O) groups is 1. The summed E-state index contributed by atoms with van der Waals surface area (Å²) in [5.41, 5.74) is 6.63. The first-order valence-corrected chi connectivity index (χ1v) is 10.6. The Morgan fingerprint density at radius 2 is 1.44 bits per heavy atom. The minimum Gasteiger partial charge on any atom is -0.321 e. The molecule has 4 nitrogen and oxygen atoms in total. The number of pyridine rings is 1. The zero-order valence-corrected chi connectivity index (χ0v) is 18.8. The van der Waals surface area contributed by atoms with E-state index >= 15 is 0 Å². The number of hydrogen-bond donors (Lipinski definition) is 1. The van der Waals surface area contributed by atoms with E-state index in [4.69, 9.17) is 0 Å². The second-order valence-corrected chi connectivity index (χ2v) is 8.13. The van der Waals surface area contributed by atoms with Gasteiger partial charge in [-0.2, -0.15) is 0 Å². The summed E-state index contributed by atoms with van der Waals surface area (Å²) in [5, 5.41) is 3.00. The van der Waals surface area contributed by atoms with Gasteiger partial charge in [0.2, 0.25) is 0 Å². The molecule has 4 aromatic rings. The molecule has 0 atom stereocenters. The molecule has 32 heavy (non-hydrogen) atoms. The van der Waals surface area contributed by atoms with Crippen LogP contribution in [0.25, 0.3) is 16.9 Å². The van der Waals surface area contributed by atoms with Crippen molar-refractivity contribution in [3.8, 4) is 16.9 Å². The lowest BCUT2D eigenvalue weighted by Crippen LogP contribution is -2.26. The number of carbonyl (C=O) groups excluding carboxylic acids is 1. The van der Waals surface area contributed by atoms with Crippen LogP contribution in [0.2, 0.25) is 0 Å². The molecule has 0 bridgehead atoms. The number of anilines is 1. The van der Waals surface area contributed by atoms with E-state index in [2.05, 4.69) is 11.4 Å². The van der Waals surface area contributed by atoms with Crippen LogP contribution in [0.4, 0.5) is 5.69 Å². The van der Waals surface area contributed by atoms with Gasteiger partial charge in [-0.3, -0.25) is 9.59 Å². The highest BCUT2D eigenvalue weighted by molar-refractivity contribution is 6.09. The molecule has 3 aromatic carbocycles. The highest BCUT2D eigenvalue weighted by atomic mass is 16.2. The fraction of sp³-hybridized carbons (Fsp3) is 0.143. The van der Waals surface area contributed by atoms with Crippen LogP contribution in [-0.4, -0.2) is 10.5 Å². The number of aryl methyl sites for hydroxylation is 4. The molecule has 4 heteroatoms. The predicted molar refractivity (Wildman–Crippen MR) is 131 cm³/mol. The molecule has 0 saturated heterocycles. The van der Waals surface area contributed by atoms with E-state index in [1.54, 1.807) is 0 Å². The lowest BCUT2D eigenvalue weighted by Gasteiger charge is -2.21. The first kappa shape index (κ1) is 21.3. The van der Waals surface area contributed by atoms with Gasteiger partial charge in [0, 0.05) is 23.1 Å². The summed E-state index contributed by atoms with van der Waals surface area (Å²) < 4.78 is 1.99. The van der Waals surface area contributed by atoms with Crippen molar-refractivity contribution in [3.63, 3.8) is 0 Å². The molecule has 0 saturated carbocycles. The van der Waals surface area contributed by atoms with Crippen molar-refractivity contribution in [2.75, 3.05) is 5.32 Å². The average molecular weight is 423 g/mol. The van der Waals surface area contributed by atoms with Gasteiger partial charge in [0.15, 0.2) is 5.43 Å². The topological polar surface area (TPSA) is 51.1 Å². The Morgan fingerprint density at radius 3 is 2.09 bits per heavy atom. The van der Waals surface area contributed by atoms with E-state index in [9.17, 15) is 9.59 Å². The van der Waals surface area contributed by atoms with E-state index in [0.29, 0.717) is 5.69 Å². The number of nitrogens with one attached hydrogen (secondary N) is 1. The van der Waals surface area contributed by atoms with Crippen LogP contribution in [0.1, 0.15) is 32.7 Å². The third kappa shape index (κ3) is 4.00. The van der Waals surface area contributed by atoms with Gasteiger partial charge in [0.1, 0.15) is 5.56 Å². The molecule has 0 aliphatic carbocycles. The van der Waals surface area contributed by atoms with Gasteiger partial charge >= 0.3 is 0 Å². The van der Waals surface area contributed by atoms with Gasteiger partial charge < -0.3 is 9.88 Å². The molecular formula is C28H26N2O2. The summed E-state index contributed by atoms with van der Waals surface area (Å²) in [6.45, 7) is 7.81. The summed E-state index contributed by atoms with van der Waals surface area (Å²) in [4.78, 5) is 26.8. The van der Waals surface area contributed by atoms with E-state index < -0.39 is 5.91 Å². The van der Waals surface area contributed by atoms with E-state index in [1.807, 2.05) is 99.0 Å². The number of rotatable bonds is 4. The van der Waals surface area contributed by atoms with Crippen LogP contribution in [0, 0.1) is 27.7 Å². The fourth-order valence-corrected chi connectivity index (χ4v) is 4.11. The van der Waals surface area contributed by atoms with Crippen molar-refractivity contribution >= 4 is 11.6 Å². The summed E-state index contributed by atoms with van der Waals surface area (Å²) in [7, 11) is 0. The van der Waals surface area contributed by atoms with Crippen molar-refractivity contribution < 1.29 is 4.79 Å². The monoisotopic (exact) mass is 422 g/mol. The molecule has 0 fully saturated rings. The van der Waals surface area contributed by atoms with Crippen molar-refractivity contribution in [3.05, 3.63) is 117 Å². The van der Waals surface area contributed by atoms with Crippen LogP contribution in [0.15, 0.2) is 83.7 Å². The molecular weight excluding hydrogens is 396 g/mol. The summed E-state index contributed by atoms with van der Waals surface area (Å²) in [6.07, 6.45) is 0. The molecule has 1 aromatic heterocycles. The normalized spacial score (nSPS) is 10.8. The first-order chi connectivity index (χ1) is 15.4. The number of nitrogens with zero attached hydrogens (tertiary/aromatic N) is 1. The molecule has 160 valence electrons. The number of amides is 1. The molecule has 1 N–H and O–H groups in total. The Kier molecular flexibility index (Phi) is 5.78. The summed E-state index contributed by atoms with van der Waals surface area (Å²) >= 11 is 0. The third-order valence-electron chi connectivity index (χ3n) is 5.65. The maximum absolute atomic E-state index is 13.6. The molecule has 0 radical (unpaired) electrons. The summed E-state index contributed by atoms with van der Waals surface area (Å²) in [6, 6.07) is 25.0. The highest BCUT2D eigenvalue weighted by Gasteiger charge is 2.23. The number of aromatic nitrogens is 1. The van der Waals surface area contributed by atoms with Gasteiger partial charge in [-0.25, -0.2) is 0 Å². The minimum atomic E-state index is -0.410. The summed E-state index contributed by atoms with van der Waals surface area (Å²) in [5.74, 6) is -0.410. The number of benzene rings is 3. The van der Waals surface area contributed by atoms with Crippen LogP contribution in [0.5, 0.6) is 0 Å². The first-order valence-electron chi connectivity index (χ1n) is 10.6. The van der Waals surface area contributed by atoms with Gasteiger partial charge in [-0.15, -0.1) is 0 Å². The molecule has 4 rings (SSSR count). The smallest absolute Gasteiger partial charge is 0.261 e. The van der Waals surface area contributed by atoms with Crippen LogP contribution >= 0.6 is 0 Å². The highest BCUT2D eigenvalue weighted by Crippen LogP contribution is 2.29. The van der Waals surface area contributed by atoms with Gasteiger partial charge in [-0.1, -0.05) is 60.7 Å². The van der Waals surface area contributed by atoms with Crippen molar-refractivity contribution in [1.82, 2.24) is 4.57 Å². The predicted octanol–water partition coefficient (Wildman–Crippen LogP) is 5.99. The third-order valence-corrected chi connectivity index (χ3v) is 5.65. The molecule has 1 amide bonds. The Hall–Kier alpha value is -3.92. The van der Waals surface area contributed by atoms with Crippen molar-refractivity contribution in [2.24, 2.45) is 0 Å². The second-order valence-electron chi connectivity index (χ2n) is 8.13. The second kappa shape index (κ2) is 8.67. The molecule has 0 aliphatic rings. The maximum atomic E-state index is 13.6. The number of para-hydroxylation sites is 1. The lowest BCUT2D eigenvalue weighted by molar-refractivity contribution is 0.102. The number of hydrogen-bond acceptors (Lipinski definition) is 2. The largest absolute Gasteiger partial charge is 0.321 e. The van der Waals surface area contributed by atoms with Crippen molar-refractivity contribution in [1.29, 1.82) is 0 Å². The SMILES string of the molecule is Cc1cccc(-n2c(C)cc(=O)c(C(=O)Nc3c(C)cccc3C)c2-c2ccccc2)c1. The standard InChI is InChI=1S/C28H26N2O2/c1-18-10-8-15-23(16-18)30-21(4)17-24(31)25(27(30)22-13-6-5-7-14-22)28(32)29-26-19(2)11-9-12-20(26)3/h5-17H,1-4H3,(H,29,32). The fourth-order valence-electron chi connectivity index (χ4n) is 4.11. The Labute approximate surface area is 188 Å².